The van der Waals surface area contributed by atoms with Crippen molar-refractivity contribution in [3.63, 3.8) is 0 Å². The predicted molar refractivity (Wildman–Crippen MR) is 123 cm³/mol. The van der Waals surface area contributed by atoms with E-state index < -0.39 is 43.4 Å². The molecule has 0 radical (unpaired) electrons. The summed E-state index contributed by atoms with van der Waals surface area (Å²) in [6.07, 6.45) is 0.00655. The van der Waals surface area contributed by atoms with Crippen LogP contribution in [0.1, 0.15) is 32.3 Å². The minimum atomic E-state index is -1.61. The van der Waals surface area contributed by atoms with E-state index in [1.54, 1.807) is 6.20 Å². The highest BCUT2D eigenvalue weighted by atomic mass is 19.1. The third-order valence-electron chi connectivity index (χ3n) is 5.91. The van der Waals surface area contributed by atoms with Crippen LogP contribution in [-0.4, -0.2) is 73.7 Å². The summed E-state index contributed by atoms with van der Waals surface area (Å²) in [6.45, 7) is 4.76. The highest BCUT2D eigenvalue weighted by molar-refractivity contribution is 5.84. The second kappa shape index (κ2) is 10.6. The van der Waals surface area contributed by atoms with Gasteiger partial charge >= 0.3 is 6.03 Å². The van der Waals surface area contributed by atoms with E-state index in [1.807, 2.05) is 38.1 Å². The Labute approximate surface area is 198 Å². The van der Waals surface area contributed by atoms with Gasteiger partial charge in [-0.15, -0.1) is 0 Å². The molecule has 10 heteroatoms. The Hall–Kier alpha value is -2.82. The number of rotatable bonds is 10. The molecule has 0 aliphatic carbocycles. The van der Waals surface area contributed by atoms with E-state index in [-0.39, 0.29) is 0 Å². The molecular formula is C24H32FN3O6. The van der Waals surface area contributed by atoms with Crippen molar-refractivity contribution >= 4 is 11.7 Å². The Morgan fingerprint density at radius 3 is 2.38 bits per heavy atom. The van der Waals surface area contributed by atoms with Gasteiger partial charge in [0.2, 0.25) is 0 Å². The Bertz CT molecular complexity index is 928. The number of aliphatic hydroxyl groups excluding tert-OH is 1. The molecule has 4 rings (SSSR count). The normalized spacial score (nSPS) is 28.1. The van der Waals surface area contributed by atoms with Crippen molar-refractivity contribution in [2.75, 3.05) is 26.9 Å². The first-order chi connectivity index (χ1) is 16.5. The number of nitrogens with one attached hydrogen (secondary N) is 2. The van der Waals surface area contributed by atoms with Gasteiger partial charge in [-0.2, -0.15) is 0 Å². The van der Waals surface area contributed by atoms with Gasteiger partial charge in [-0.3, -0.25) is 4.90 Å². The maximum atomic E-state index is 15.0. The minimum absolute atomic E-state index is 0.412. The second-order valence-corrected chi connectivity index (χ2v) is 8.34. The summed E-state index contributed by atoms with van der Waals surface area (Å²) in [7, 11) is 1.35. The van der Waals surface area contributed by atoms with E-state index in [2.05, 4.69) is 10.6 Å². The molecule has 34 heavy (non-hydrogen) atoms. The zero-order valence-electron chi connectivity index (χ0n) is 19.6. The van der Waals surface area contributed by atoms with Crippen LogP contribution in [0, 0.1) is 0 Å². The van der Waals surface area contributed by atoms with Gasteiger partial charge in [0.05, 0.1) is 31.1 Å². The SMILES string of the molecule is CCCOc1cccc(OCCC)c1C1=CC2=CN(C3OC(CO)C(OC)C3F)C(=O)NC2N1. The molecule has 2 amide bonds. The smallest absolute Gasteiger partial charge is 0.325 e. The van der Waals surface area contributed by atoms with Crippen molar-refractivity contribution in [3.8, 4) is 11.5 Å². The van der Waals surface area contributed by atoms with Crippen molar-refractivity contribution in [2.45, 2.75) is 57.5 Å². The summed E-state index contributed by atoms with van der Waals surface area (Å²) >= 11 is 0. The Morgan fingerprint density at radius 1 is 1.15 bits per heavy atom. The van der Waals surface area contributed by atoms with Crippen LogP contribution in [0.3, 0.4) is 0 Å². The molecule has 3 heterocycles. The summed E-state index contributed by atoms with van der Waals surface area (Å²) in [4.78, 5) is 14.0. The number of carbonyl (C=O) groups excluding carboxylic acids is 1. The van der Waals surface area contributed by atoms with Crippen LogP contribution < -0.4 is 20.1 Å². The van der Waals surface area contributed by atoms with Crippen LogP contribution in [0.5, 0.6) is 11.5 Å². The van der Waals surface area contributed by atoms with E-state index in [0.717, 1.165) is 29.7 Å². The van der Waals surface area contributed by atoms with Crippen LogP contribution in [0.15, 0.2) is 36.0 Å². The molecule has 5 atom stereocenters. The lowest BCUT2D eigenvalue weighted by atomic mass is 10.1. The number of fused-ring (bicyclic) bond motifs is 1. The fourth-order valence-electron chi connectivity index (χ4n) is 4.30. The summed E-state index contributed by atoms with van der Waals surface area (Å²) in [5, 5.41) is 15.7. The minimum Gasteiger partial charge on any atom is -0.493 e. The summed E-state index contributed by atoms with van der Waals surface area (Å²) < 4.78 is 37.7. The maximum absolute atomic E-state index is 15.0. The molecule has 9 nitrogen and oxygen atoms in total. The first-order valence-electron chi connectivity index (χ1n) is 11.6. The second-order valence-electron chi connectivity index (χ2n) is 8.34. The predicted octanol–water partition coefficient (Wildman–Crippen LogP) is 2.51. The lowest BCUT2D eigenvalue weighted by molar-refractivity contribution is -0.0626. The zero-order valence-corrected chi connectivity index (χ0v) is 19.6. The van der Waals surface area contributed by atoms with E-state index in [0.29, 0.717) is 24.7 Å². The molecule has 0 spiro atoms. The third kappa shape index (κ3) is 4.57. The maximum Gasteiger partial charge on any atom is 0.325 e. The first kappa shape index (κ1) is 24.3. The molecule has 1 fully saturated rings. The van der Waals surface area contributed by atoms with Gasteiger partial charge in [-0.1, -0.05) is 19.9 Å². The number of carbonyl (C=O) groups is 1. The van der Waals surface area contributed by atoms with E-state index in [1.165, 1.54) is 12.0 Å². The number of aliphatic hydroxyl groups is 1. The molecule has 1 saturated heterocycles. The lowest BCUT2D eigenvalue weighted by Gasteiger charge is -2.33. The summed E-state index contributed by atoms with van der Waals surface area (Å²) in [5.74, 6) is 1.35. The largest absolute Gasteiger partial charge is 0.493 e. The number of urea groups is 1. The Kier molecular flexibility index (Phi) is 7.60. The number of halogens is 1. The topological polar surface area (TPSA) is 102 Å². The highest BCUT2D eigenvalue weighted by Crippen LogP contribution is 2.39. The number of ether oxygens (including phenoxy) is 4. The van der Waals surface area contributed by atoms with Crippen LogP contribution in [0.4, 0.5) is 9.18 Å². The molecule has 3 N–H and O–H groups in total. The van der Waals surface area contributed by atoms with Crippen molar-refractivity contribution in [1.82, 2.24) is 15.5 Å². The molecule has 0 bridgehead atoms. The van der Waals surface area contributed by atoms with Crippen LogP contribution in [0.25, 0.3) is 5.70 Å². The number of alkyl halides is 1. The number of hydrogen-bond acceptors (Lipinski definition) is 7. The third-order valence-corrected chi connectivity index (χ3v) is 5.91. The van der Waals surface area contributed by atoms with Gasteiger partial charge in [0.15, 0.2) is 12.4 Å². The molecule has 0 aromatic heterocycles. The van der Waals surface area contributed by atoms with E-state index in [9.17, 15) is 14.3 Å². The van der Waals surface area contributed by atoms with Gasteiger partial charge < -0.3 is 34.7 Å². The number of methoxy groups -OCH3 is 1. The van der Waals surface area contributed by atoms with Crippen LogP contribution >= 0.6 is 0 Å². The van der Waals surface area contributed by atoms with Crippen molar-refractivity contribution in [1.29, 1.82) is 0 Å². The Balaban J connectivity index is 1.65. The van der Waals surface area contributed by atoms with Gasteiger partial charge in [-0.25, -0.2) is 9.18 Å². The lowest BCUT2D eigenvalue weighted by Crippen LogP contribution is -2.55. The average molecular weight is 478 g/mol. The molecule has 186 valence electrons. The fourth-order valence-corrected chi connectivity index (χ4v) is 4.30. The van der Waals surface area contributed by atoms with E-state index >= 15 is 0 Å². The van der Waals surface area contributed by atoms with Crippen molar-refractivity contribution in [3.05, 3.63) is 41.6 Å². The molecule has 5 unspecified atom stereocenters. The summed E-state index contributed by atoms with van der Waals surface area (Å²) in [6, 6.07) is 5.13. The highest BCUT2D eigenvalue weighted by Gasteiger charge is 2.50. The fraction of sp³-hybridized carbons (Fsp3) is 0.542. The standard InChI is InChI=1S/C24H32FN3O6/c1-4-9-32-16-7-6-8-17(33-10-5-2)19(16)15-11-14-12-28(24(30)27-22(14)26-15)23-20(25)21(31-3)18(13-29)34-23/h6-8,11-12,18,20-23,26,29H,4-5,9-10,13H2,1-3H3,(H,27,30). The van der Waals surface area contributed by atoms with Crippen LogP contribution in [-0.2, 0) is 9.47 Å². The molecule has 1 aromatic carbocycles. The van der Waals surface area contributed by atoms with Gasteiger partial charge in [0, 0.05) is 18.9 Å². The van der Waals surface area contributed by atoms with E-state index in [4.69, 9.17) is 18.9 Å². The number of nitrogens with zero attached hydrogens (tertiary/aromatic N) is 1. The van der Waals surface area contributed by atoms with Crippen LogP contribution in [0.2, 0.25) is 0 Å². The number of amides is 2. The van der Waals surface area contributed by atoms with Gasteiger partial charge in [-0.05, 0) is 31.1 Å². The monoisotopic (exact) mass is 477 g/mol. The summed E-state index contributed by atoms with van der Waals surface area (Å²) in [5.41, 5.74) is 2.21. The average Bonchev–Trinajstić information content (AvgIpc) is 3.39. The molecular weight excluding hydrogens is 445 g/mol. The quantitative estimate of drug-likeness (QED) is 0.476. The van der Waals surface area contributed by atoms with Gasteiger partial charge in [0.25, 0.3) is 0 Å². The molecule has 1 aromatic rings. The van der Waals surface area contributed by atoms with Crippen molar-refractivity contribution < 1.29 is 33.2 Å². The number of hydrogen-bond donors (Lipinski definition) is 3. The van der Waals surface area contributed by atoms with Gasteiger partial charge in [0.1, 0.15) is 29.9 Å². The molecule has 0 saturated carbocycles. The molecule has 3 aliphatic heterocycles. The zero-order chi connectivity index (χ0) is 24.2. The first-order valence-corrected chi connectivity index (χ1v) is 11.6. The van der Waals surface area contributed by atoms with Crippen molar-refractivity contribution in [2.24, 2.45) is 0 Å². The number of benzene rings is 1. The Morgan fingerprint density at radius 2 is 1.82 bits per heavy atom. The molecule has 3 aliphatic rings.